The van der Waals surface area contributed by atoms with E-state index in [9.17, 15) is 9.59 Å². The Kier molecular flexibility index (Phi) is 6.69. The first-order chi connectivity index (χ1) is 13.2. The summed E-state index contributed by atoms with van der Waals surface area (Å²) in [7, 11) is 0. The molecular formula is C20H25ClN4O2S. The maximum absolute atomic E-state index is 12.4. The average Bonchev–Trinajstić information content (AvgIpc) is 3.20. The van der Waals surface area contributed by atoms with Crippen molar-refractivity contribution in [2.75, 3.05) is 13.1 Å². The van der Waals surface area contributed by atoms with Gasteiger partial charge in [0, 0.05) is 16.9 Å². The molecule has 1 spiro atoms. The van der Waals surface area contributed by atoms with Crippen LogP contribution in [-0.2, 0) is 17.9 Å². The molecule has 1 aromatic carbocycles. The summed E-state index contributed by atoms with van der Waals surface area (Å²) >= 11 is 1.50. The number of nitrogens with one attached hydrogen (secondary N) is 3. The minimum atomic E-state index is -0.110. The monoisotopic (exact) mass is 420 g/mol. The molecule has 4 rings (SSSR count). The van der Waals surface area contributed by atoms with Crippen LogP contribution in [0, 0.1) is 11.3 Å². The summed E-state index contributed by atoms with van der Waals surface area (Å²) in [6.07, 6.45) is 3.23. The van der Waals surface area contributed by atoms with Gasteiger partial charge in [-0.3, -0.25) is 9.59 Å². The van der Waals surface area contributed by atoms with Gasteiger partial charge in [-0.2, -0.15) is 0 Å². The summed E-state index contributed by atoms with van der Waals surface area (Å²) in [6, 6.07) is 9.13. The number of rotatable bonds is 6. The first-order valence-corrected chi connectivity index (χ1v) is 10.3. The van der Waals surface area contributed by atoms with Crippen LogP contribution in [0.2, 0.25) is 0 Å². The number of hydrogen-bond donors (Lipinski definition) is 3. The SMILES string of the molecule is Cl.O=C(NCc1nc(CNC(=O)C2CC23CCNCC3)cs1)c1ccccc1. The first-order valence-electron chi connectivity index (χ1n) is 9.41. The number of aromatic nitrogens is 1. The second-order valence-electron chi connectivity index (χ2n) is 7.37. The Hall–Kier alpha value is -1.96. The van der Waals surface area contributed by atoms with Gasteiger partial charge in [0.15, 0.2) is 0 Å². The number of halogens is 1. The van der Waals surface area contributed by atoms with Crippen LogP contribution >= 0.6 is 23.7 Å². The predicted molar refractivity (Wildman–Crippen MR) is 111 cm³/mol. The van der Waals surface area contributed by atoms with Crippen molar-refractivity contribution >= 4 is 35.6 Å². The van der Waals surface area contributed by atoms with E-state index in [1.54, 1.807) is 12.1 Å². The molecule has 1 aliphatic carbocycles. The highest BCUT2D eigenvalue weighted by Gasteiger charge is 2.57. The highest BCUT2D eigenvalue weighted by molar-refractivity contribution is 7.09. The highest BCUT2D eigenvalue weighted by Crippen LogP contribution is 2.58. The minimum Gasteiger partial charge on any atom is -0.350 e. The molecule has 0 bridgehead atoms. The van der Waals surface area contributed by atoms with E-state index in [0.717, 1.165) is 43.1 Å². The van der Waals surface area contributed by atoms with Crippen molar-refractivity contribution < 1.29 is 9.59 Å². The molecule has 1 saturated carbocycles. The normalized spacial score (nSPS) is 19.5. The maximum atomic E-state index is 12.4. The number of thiazole rings is 1. The minimum absolute atomic E-state index is 0. The molecule has 2 heterocycles. The van der Waals surface area contributed by atoms with E-state index in [2.05, 4.69) is 20.9 Å². The Morgan fingerprint density at radius 3 is 2.64 bits per heavy atom. The van der Waals surface area contributed by atoms with Crippen molar-refractivity contribution in [1.29, 1.82) is 0 Å². The summed E-state index contributed by atoms with van der Waals surface area (Å²) in [4.78, 5) is 29.0. The molecule has 1 saturated heterocycles. The summed E-state index contributed by atoms with van der Waals surface area (Å²) < 4.78 is 0. The number of carbonyl (C=O) groups is 2. The molecule has 2 aliphatic rings. The Bertz CT molecular complexity index is 821. The van der Waals surface area contributed by atoms with Gasteiger partial charge in [0.25, 0.3) is 5.91 Å². The standard InChI is InChI=1S/C20H24N4O2S.ClH/c25-18(14-4-2-1-3-5-14)23-12-17-24-15(13-27-17)11-22-19(26)16-10-20(16)6-8-21-9-7-20;/h1-5,13,16,21H,6-12H2,(H,22,26)(H,23,25);1H. The van der Waals surface area contributed by atoms with Gasteiger partial charge in [0.1, 0.15) is 5.01 Å². The van der Waals surface area contributed by atoms with Crippen LogP contribution in [0.25, 0.3) is 0 Å². The number of nitrogens with zero attached hydrogens (tertiary/aromatic N) is 1. The van der Waals surface area contributed by atoms with Gasteiger partial charge < -0.3 is 16.0 Å². The molecule has 2 amide bonds. The smallest absolute Gasteiger partial charge is 0.251 e. The molecule has 150 valence electrons. The Balaban J connectivity index is 0.00000225. The topological polar surface area (TPSA) is 83.1 Å². The van der Waals surface area contributed by atoms with E-state index in [-0.39, 0.29) is 35.6 Å². The van der Waals surface area contributed by atoms with E-state index >= 15 is 0 Å². The van der Waals surface area contributed by atoms with E-state index in [1.165, 1.54) is 11.3 Å². The molecule has 1 atom stereocenters. The largest absolute Gasteiger partial charge is 0.350 e. The lowest BCUT2D eigenvalue weighted by Crippen LogP contribution is -2.33. The van der Waals surface area contributed by atoms with Crippen molar-refractivity contribution in [3.05, 3.63) is 52.0 Å². The van der Waals surface area contributed by atoms with Crippen LogP contribution < -0.4 is 16.0 Å². The average molecular weight is 421 g/mol. The molecule has 1 aromatic heterocycles. The lowest BCUT2D eigenvalue weighted by atomic mass is 9.92. The third kappa shape index (κ3) is 4.71. The second-order valence-corrected chi connectivity index (χ2v) is 8.31. The van der Waals surface area contributed by atoms with E-state index < -0.39 is 0 Å². The van der Waals surface area contributed by atoms with Gasteiger partial charge in [-0.05, 0) is 49.9 Å². The Morgan fingerprint density at radius 1 is 1.14 bits per heavy atom. The van der Waals surface area contributed by atoms with Gasteiger partial charge in [0.05, 0.1) is 18.8 Å². The van der Waals surface area contributed by atoms with Crippen molar-refractivity contribution in [3.63, 3.8) is 0 Å². The molecule has 0 radical (unpaired) electrons. The molecule has 8 heteroatoms. The predicted octanol–water partition coefficient (Wildman–Crippen LogP) is 2.50. The van der Waals surface area contributed by atoms with Crippen LogP contribution in [0.4, 0.5) is 0 Å². The van der Waals surface area contributed by atoms with Gasteiger partial charge >= 0.3 is 0 Å². The summed E-state index contributed by atoms with van der Waals surface area (Å²) in [5, 5.41) is 12.1. The first kappa shape index (κ1) is 20.8. The summed E-state index contributed by atoms with van der Waals surface area (Å²) in [5.41, 5.74) is 1.74. The zero-order valence-electron chi connectivity index (χ0n) is 15.6. The lowest BCUT2D eigenvalue weighted by Gasteiger charge is -2.23. The van der Waals surface area contributed by atoms with Crippen molar-refractivity contribution in [3.8, 4) is 0 Å². The maximum Gasteiger partial charge on any atom is 0.251 e. The molecule has 2 fully saturated rings. The molecule has 28 heavy (non-hydrogen) atoms. The fraction of sp³-hybridized carbons (Fsp3) is 0.450. The van der Waals surface area contributed by atoms with Gasteiger partial charge in [-0.15, -0.1) is 23.7 Å². The second kappa shape index (κ2) is 9.03. The number of carbonyl (C=O) groups excluding carboxylic acids is 2. The summed E-state index contributed by atoms with van der Waals surface area (Å²) in [6.45, 7) is 2.89. The van der Waals surface area contributed by atoms with Gasteiger partial charge in [-0.1, -0.05) is 18.2 Å². The van der Waals surface area contributed by atoms with Crippen molar-refractivity contribution in [1.82, 2.24) is 20.9 Å². The van der Waals surface area contributed by atoms with Crippen LogP contribution in [0.5, 0.6) is 0 Å². The number of hydrogen-bond acceptors (Lipinski definition) is 5. The third-order valence-electron chi connectivity index (χ3n) is 5.58. The lowest BCUT2D eigenvalue weighted by molar-refractivity contribution is -0.123. The van der Waals surface area contributed by atoms with Gasteiger partial charge in [-0.25, -0.2) is 4.98 Å². The number of amides is 2. The van der Waals surface area contributed by atoms with E-state index in [1.807, 2.05) is 23.6 Å². The zero-order valence-corrected chi connectivity index (χ0v) is 17.2. The Morgan fingerprint density at radius 2 is 1.89 bits per heavy atom. The quantitative estimate of drug-likeness (QED) is 0.670. The number of piperidine rings is 1. The molecule has 6 nitrogen and oxygen atoms in total. The van der Waals surface area contributed by atoms with E-state index in [0.29, 0.717) is 18.7 Å². The van der Waals surface area contributed by atoms with Crippen LogP contribution in [0.1, 0.15) is 40.3 Å². The van der Waals surface area contributed by atoms with Crippen molar-refractivity contribution in [2.45, 2.75) is 32.4 Å². The van der Waals surface area contributed by atoms with Crippen LogP contribution in [-0.4, -0.2) is 29.9 Å². The fourth-order valence-electron chi connectivity index (χ4n) is 3.86. The third-order valence-corrected chi connectivity index (χ3v) is 6.48. The molecule has 1 unspecified atom stereocenters. The Labute approximate surface area is 174 Å². The zero-order chi connectivity index (χ0) is 18.7. The molecular weight excluding hydrogens is 396 g/mol. The van der Waals surface area contributed by atoms with Crippen molar-refractivity contribution in [2.24, 2.45) is 11.3 Å². The van der Waals surface area contributed by atoms with Gasteiger partial charge in [0.2, 0.25) is 5.91 Å². The van der Waals surface area contributed by atoms with Crippen LogP contribution in [0.3, 0.4) is 0 Å². The van der Waals surface area contributed by atoms with E-state index in [4.69, 9.17) is 0 Å². The summed E-state index contributed by atoms with van der Waals surface area (Å²) in [5.74, 6) is 0.216. The number of benzene rings is 1. The molecule has 1 aliphatic heterocycles. The highest BCUT2D eigenvalue weighted by atomic mass is 35.5. The molecule has 2 aromatic rings. The fourth-order valence-corrected chi connectivity index (χ4v) is 4.59. The van der Waals surface area contributed by atoms with Crippen LogP contribution in [0.15, 0.2) is 35.7 Å². The molecule has 3 N–H and O–H groups in total.